The van der Waals surface area contributed by atoms with E-state index in [1.807, 2.05) is 20.8 Å². The van der Waals surface area contributed by atoms with Gasteiger partial charge in [0.05, 0.1) is 6.04 Å². The van der Waals surface area contributed by atoms with E-state index in [0.717, 1.165) is 38.5 Å². The van der Waals surface area contributed by atoms with Crippen LogP contribution in [0.15, 0.2) is 25.3 Å². The van der Waals surface area contributed by atoms with E-state index in [0.29, 0.717) is 19.4 Å². The van der Waals surface area contributed by atoms with E-state index in [9.17, 15) is 24.0 Å². The van der Waals surface area contributed by atoms with E-state index in [1.54, 1.807) is 17.1 Å². The number of likely N-dealkylation sites (tertiary alicyclic amines) is 1. The summed E-state index contributed by atoms with van der Waals surface area (Å²) in [6, 6.07) is -2.89. The number of nitrogens with zero attached hydrogens (tertiary/aromatic N) is 1. The van der Waals surface area contributed by atoms with E-state index < -0.39 is 47.3 Å². The molecule has 4 N–H and O–H groups in total. The first-order valence-electron chi connectivity index (χ1n) is 14.7. The molecule has 3 fully saturated rings. The van der Waals surface area contributed by atoms with E-state index in [-0.39, 0.29) is 36.6 Å². The van der Waals surface area contributed by atoms with Crippen LogP contribution in [-0.2, 0) is 19.2 Å². The Kier molecular flexibility index (Phi) is 10.9. The number of fused-ring (bicyclic) bond motifs is 1. The number of ketones is 1. The van der Waals surface area contributed by atoms with Crippen molar-refractivity contribution in [1.29, 1.82) is 0 Å². The predicted molar refractivity (Wildman–Crippen MR) is 153 cm³/mol. The first-order chi connectivity index (χ1) is 19.0. The highest BCUT2D eigenvalue weighted by atomic mass is 16.2. The van der Waals surface area contributed by atoms with Crippen LogP contribution >= 0.6 is 0 Å². The maximum absolute atomic E-state index is 14.0. The van der Waals surface area contributed by atoms with Crippen molar-refractivity contribution in [2.75, 3.05) is 13.1 Å². The van der Waals surface area contributed by atoms with Crippen LogP contribution in [0.3, 0.4) is 0 Å². The summed E-state index contributed by atoms with van der Waals surface area (Å²) in [5.41, 5.74) is -0.465. The summed E-state index contributed by atoms with van der Waals surface area (Å²) in [6.07, 6.45) is 10.1. The normalized spacial score (nSPS) is 23.7. The van der Waals surface area contributed by atoms with Crippen molar-refractivity contribution in [2.45, 2.75) is 102 Å². The smallest absolute Gasteiger partial charge is 0.315 e. The zero-order valence-electron chi connectivity index (χ0n) is 24.3. The van der Waals surface area contributed by atoms with Gasteiger partial charge in [-0.15, -0.1) is 13.2 Å². The van der Waals surface area contributed by atoms with Crippen molar-refractivity contribution in [3.05, 3.63) is 25.3 Å². The highest BCUT2D eigenvalue weighted by molar-refractivity contribution is 6.38. The van der Waals surface area contributed by atoms with Crippen LogP contribution in [0.4, 0.5) is 4.79 Å². The van der Waals surface area contributed by atoms with Gasteiger partial charge in [0, 0.05) is 18.6 Å². The highest BCUT2D eigenvalue weighted by Gasteiger charge is 2.58. The minimum atomic E-state index is -1.02. The Morgan fingerprint density at radius 1 is 0.975 bits per heavy atom. The number of urea groups is 1. The molecule has 0 spiro atoms. The molecular formula is C30H47N5O5. The fraction of sp³-hybridized carbons (Fsp3) is 0.700. The molecule has 10 nitrogen and oxygen atoms in total. The third-order valence-corrected chi connectivity index (χ3v) is 8.01. The van der Waals surface area contributed by atoms with Gasteiger partial charge in [-0.2, -0.15) is 0 Å². The average molecular weight is 558 g/mol. The topological polar surface area (TPSA) is 137 Å². The fourth-order valence-corrected chi connectivity index (χ4v) is 5.92. The van der Waals surface area contributed by atoms with Gasteiger partial charge in [0.2, 0.25) is 17.6 Å². The molecule has 5 atom stereocenters. The maximum Gasteiger partial charge on any atom is 0.315 e. The number of hydrogen-bond acceptors (Lipinski definition) is 5. The molecule has 2 saturated carbocycles. The number of allylic oxidation sites excluding steroid dienone is 1. The van der Waals surface area contributed by atoms with Crippen molar-refractivity contribution in [1.82, 2.24) is 26.2 Å². The fourth-order valence-electron chi connectivity index (χ4n) is 5.92. The van der Waals surface area contributed by atoms with Gasteiger partial charge in [0.1, 0.15) is 12.1 Å². The minimum absolute atomic E-state index is 0.00575. The van der Waals surface area contributed by atoms with Crippen LogP contribution in [0.1, 0.15) is 78.6 Å². The van der Waals surface area contributed by atoms with Crippen molar-refractivity contribution in [2.24, 2.45) is 17.8 Å². The number of hydrogen-bond donors (Lipinski definition) is 4. The molecule has 3 aliphatic rings. The van der Waals surface area contributed by atoms with Crippen LogP contribution in [0.5, 0.6) is 0 Å². The Morgan fingerprint density at radius 2 is 1.65 bits per heavy atom. The average Bonchev–Trinajstić information content (AvgIpc) is 3.57. The third kappa shape index (κ3) is 8.41. The molecule has 1 saturated heterocycles. The lowest BCUT2D eigenvalue weighted by molar-refractivity contribution is -0.144. The number of carbonyl (C=O) groups is 5. The Labute approximate surface area is 238 Å². The molecule has 1 heterocycles. The van der Waals surface area contributed by atoms with Crippen LogP contribution in [-0.4, -0.2) is 71.2 Å². The van der Waals surface area contributed by atoms with Crippen molar-refractivity contribution >= 4 is 29.5 Å². The molecule has 0 aromatic carbocycles. The Morgan fingerprint density at radius 3 is 2.27 bits per heavy atom. The zero-order valence-corrected chi connectivity index (χ0v) is 24.3. The second kappa shape index (κ2) is 13.9. The zero-order chi connectivity index (χ0) is 29.4. The van der Waals surface area contributed by atoms with Gasteiger partial charge < -0.3 is 26.2 Å². The maximum atomic E-state index is 14.0. The molecule has 0 bridgehead atoms. The standard InChI is InChI=1S/C30H47N5O5/c1-6-8-15-22(25(36)27(38)31-16-9-7-2)32-26(37)24-21-17-20(21)18-35(24)28(39)23(19-13-11-10-12-14-19)33-29(40)34-30(3,4)5/h6-7,19-24H,1-2,8-18H2,3-5H3,(H,31,38)(H,32,37)(H2,33,34,40)/t20-,21-,22?,23-,24-/m0/s1. The summed E-state index contributed by atoms with van der Waals surface area (Å²) >= 11 is 0. The minimum Gasteiger partial charge on any atom is -0.349 e. The molecule has 222 valence electrons. The molecular weight excluding hydrogens is 510 g/mol. The van der Waals surface area contributed by atoms with E-state index in [1.165, 1.54) is 0 Å². The number of amides is 5. The first-order valence-corrected chi connectivity index (χ1v) is 14.7. The number of nitrogens with one attached hydrogen (secondary N) is 4. The molecule has 3 rings (SSSR count). The van der Waals surface area contributed by atoms with Crippen molar-refractivity contribution in [3.8, 4) is 0 Å². The van der Waals surface area contributed by atoms with E-state index in [4.69, 9.17) is 0 Å². The lowest BCUT2D eigenvalue weighted by Gasteiger charge is -2.36. The number of Topliss-reactive ketones (excluding diaryl/α,β-unsaturated/α-hetero) is 1. The Hall–Kier alpha value is -3.17. The van der Waals surface area contributed by atoms with Crippen LogP contribution in [0, 0.1) is 17.8 Å². The van der Waals surface area contributed by atoms with Crippen LogP contribution < -0.4 is 21.3 Å². The lowest BCUT2D eigenvalue weighted by atomic mass is 9.83. The number of piperidine rings is 1. The molecule has 10 heteroatoms. The largest absolute Gasteiger partial charge is 0.349 e. The van der Waals surface area contributed by atoms with Gasteiger partial charge in [-0.05, 0) is 77.0 Å². The first kappa shape index (κ1) is 31.4. The summed E-state index contributed by atoms with van der Waals surface area (Å²) in [7, 11) is 0. The number of carbonyl (C=O) groups excluding carboxylic acids is 5. The van der Waals surface area contributed by atoms with Gasteiger partial charge in [-0.25, -0.2) is 4.79 Å². The molecule has 0 aromatic heterocycles. The van der Waals surface area contributed by atoms with Gasteiger partial charge in [0.15, 0.2) is 0 Å². The van der Waals surface area contributed by atoms with E-state index >= 15 is 0 Å². The lowest BCUT2D eigenvalue weighted by Crippen LogP contribution is -2.60. The van der Waals surface area contributed by atoms with Crippen molar-refractivity contribution in [3.63, 3.8) is 0 Å². The van der Waals surface area contributed by atoms with Gasteiger partial charge >= 0.3 is 6.03 Å². The van der Waals surface area contributed by atoms with Crippen LogP contribution in [0.2, 0.25) is 0 Å². The summed E-state index contributed by atoms with van der Waals surface area (Å²) in [5, 5.41) is 11.2. The monoisotopic (exact) mass is 557 g/mol. The number of rotatable bonds is 13. The Bertz CT molecular complexity index is 983. The van der Waals surface area contributed by atoms with Crippen molar-refractivity contribution < 1.29 is 24.0 Å². The van der Waals surface area contributed by atoms with E-state index in [2.05, 4.69) is 34.4 Å². The second-order valence-electron chi connectivity index (χ2n) is 12.4. The molecule has 1 aliphatic heterocycles. The third-order valence-electron chi connectivity index (χ3n) is 8.01. The summed E-state index contributed by atoms with van der Waals surface area (Å²) in [4.78, 5) is 67.5. The molecule has 0 aromatic rings. The van der Waals surface area contributed by atoms with Crippen LogP contribution in [0.25, 0.3) is 0 Å². The highest BCUT2D eigenvalue weighted by Crippen LogP contribution is 2.50. The molecule has 40 heavy (non-hydrogen) atoms. The molecule has 1 unspecified atom stereocenters. The van der Waals surface area contributed by atoms with Gasteiger partial charge in [-0.3, -0.25) is 19.2 Å². The quantitative estimate of drug-likeness (QED) is 0.157. The Balaban J connectivity index is 1.76. The molecule has 0 radical (unpaired) electrons. The summed E-state index contributed by atoms with van der Waals surface area (Å²) in [5.74, 6) is -1.93. The summed E-state index contributed by atoms with van der Waals surface area (Å²) in [6.45, 7) is 13.7. The molecule has 5 amide bonds. The second-order valence-corrected chi connectivity index (χ2v) is 12.4. The van der Waals surface area contributed by atoms with Gasteiger partial charge in [0.25, 0.3) is 5.91 Å². The summed E-state index contributed by atoms with van der Waals surface area (Å²) < 4.78 is 0. The SMILES string of the molecule is C=CCCNC(=O)C(=O)C(CCC=C)NC(=O)[C@@H]1[C@H]2C[C@H]2CN1C(=O)[C@@H](NC(=O)NC(C)(C)C)C1CCCCC1. The van der Waals surface area contributed by atoms with Gasteiger partial charge in [-0.1, -0.05) is 31.4 Å². The molecule has 2 aliphatic carbocycles. The predicted octanol–water partition coefficient (Wildman–Crippen LogP) is 2.59.